The molecule has 1 aromatic rings. The Balaban J connectivity index is 1.84. The zero-order chi connectivity index (χ0) is 13.8. The number of nitrogens with zero attached hydrogens (tertiary/aromatic N) is 1. The zero-order valence-corrected chi connectivity index (χ0v) is 11.5. The molecule has 2 rings (SSSR count). The van der Waals surface area contributed by atoms with E-state index in [9.17, 15) is 4.79 Å². The fourth-order valence-corrected chi connectivity index (χ4v) is 2.65. The van der Waals surface area contributed by atoms with Crippen LogP contribution in [0, 0.1) is 11.8 Å². The molecule has 1 fully saturated rings. The Kier molecular flexibility index (Phi) is 4.43. The highest BCUT2D eigenvalue weighted by molar-refractivity contribution is 5.71. The summed E-state index contributed by atoms with van der Waals surface area (Å²) < 4.78 is 5.13. The summed E-state index contributed by atoms with van der Waals surface area (Å²) in [5.74, 6) is 0.230. The van der Waals surface area contributed by atoms with E-state index in [0.717, 1.165) is 25.3 Å². The molecule has 1 aliphatic rings. The smallest absolute Gasteiger partial charge is 0.308 e. The molecule has 1 aliphatic heterocycles. The number of rotatable bonds is 5. The molecule has 0 amide bonds. The lowest BCUT2D eigenvalue weighted by atomic mass is 9.99. The summed E-state index contributed by atoms with van der Waals surface area (Å²) in [4.78, 5) is 13.3. The number of carbonyl (C=O) groups is 1. The van der Waals surface area contributed by atoms with Crippen LogP contribution in [0.5, 0.6) is 5.75 Å². The van der Waals surface area contributed by atoms with E-state index in [4.69, 9.17) is 9.84 Å². The van der Waals surface area contributed by atoms with Crippen LogP contribution in [0.3, 0.4) is 0 Å². The highest BCUT2D eigenvalue weighted by Crippen LogP contribution is 2.23. The van der Waals surface area contributed by atoms with Crippen LogP contribution < -0.4 is 4.74 Å². The summed E-state index contributed by atoms with van der Waals surface area (Å²) in [6.07, 6.45) is 0.947. The highest BCUT2D eigenvalue weighted by Gasteiger charge is 2.34. The van der Waals surface area contributed by atoms with E-state index >= 15 is 0 Å². The van der Waals surface area contributed by atoms with E-state index in [0.29, 0.717) is 6.54 Å². The van der Waals surface area contributed by atoms with Crippen LogP contribution in [0.25, 0.3) is 0 Å². The Morgan fingerprint density at radius 1 is 1.37 bits per heavy atom. The third-order valence-electron chi connectivity index (χ3n) is 3.88. The second kappa shape index (κ2) is 6.06. The summed E-state index contributed by atoms with van der Waals surface area (Å²) in [7, 11) is 1.66. The Morgan fingerprint density at radius 3 is 2.58 bits per heavy atom. The molecule has 1 N–H and O–H groups in total. The maximum absolute atomic E-state index is 11.1. The van der Waals surface area contributed by atoms with Crippen molar-refractivity contribution < 1.29 is 14.6 Å². The Morgan fingerprint density at radius 2 is 2.05 bits per heavy atom. The van der Waals surface area contributed by atoms with Crippen molar-refractivity contribution in [2.24, 2.45) is 11.8 Å². The number of hydrogen-bond donors (Lipinski definition) is 1. The lowest BCUT2D eigenvalue weighted by molar-refractivity contribution is -0.142. The topological polar surface area (TPSA) is 49.8 Å². The van der Waals surface area contributed by atoms with Crippen molar-refractivity contribution in [1.82, 2.24) is 4.90 Å². The van der Waals surface area contributed by atoms with Crippen molar-refractivity contribution in [2.45, 2.75) is 13.3 Å². The van der Waals surface area contributed by atoms with Gasteiger partial charge < -0.3 is 14.7 Å². The largest absolute Gasteiger partial charge is 0.497 e. The van der Waals surface area contributed by atoms with Gasteiger partial charge in [-0.05, 0) is 30.0 Å². The van der Waals surface area contributed by atoms with E-state index in [1.807, 2.05) is 19.1 Å². The lowest BCUT2D eigenvalue weighted by Gasteiger charge is -2.15. The van der Waals surface area contributed by atoms with Crippen LogP contribution in [0.15, 0.2) is 24.3 Å². The van der Waals surface area contributed by atoms with Gasteiger partial charge in [-0.15, -0.1) is 0 Å². The third-order valence-corrected chi connectivity index (χ3v) is 3.88. The Labute approximate surface area is 114 Å². The van der Waals surface area contributed by atoms with Gasteiger partial charge in [0, 0.05) is 19.6 Å². The molecule has 0 saturated carbocycles. The number of benzene rings is 1. The van der Waals surface area contributed by atoms with Crippen LogP contribution in [-0.2, 0) is 11.2 Å². The molecule has 2 atom stereocenters. The monoisotopic (exact) mass is 263 g/mol. The van der Waals surface area contributed by atoms with Gasteiger partial charge in [0.2, 0.25) is 0 Å². The van der Waals surface area contributed by atoms with E-state index < -0.39 is 5.97 Å². The first kappa shape index (κ1) is 13.9. The molecule has 0 aliphatic carbocycles. The second-order valence-electron chi connectivity index (χ2n) is 5.28. The van der Waals surface area contributed by atoms with Gasteiger partial charge in [-0.25, -0.2) is 0 Å². The molecule has 4 nitrogen and oxygen atoms in total. The molecule has 1 aromatic carbocycles. The van der Waals surface area contributed by atoms with Crippen molar-refractivity contribution in [2.75, 3.05) is 26.7 Å². The van der Waals surface area contributed by atoms with Gasteiger partial charge in [-0.1, -0.05) is 19.1 Å². The number of methoxy groups -OCH3 is 1. The highest BCUT2D eigenvalue weighted by atomic mass is 16.5. The average molecular weight is 263 g/mol. The number of carboxylic acid groups (broad SMARTS) is 1. The van der Waals surface area contributed by atoms with Gasteiger partial charge in [-0.3, -0.25) is 4.79 Å². The van der Waals surface area contributed by atoms with Crippen molar-refractivity contribution in [3.8, 4) is 5.75 Å². The molecule has 19 heavy (non-hydrogen) atoms. The third kappa shape index (κ3) is 3.47. The van der Waals surface area contributed by atoms with Crippen LogP contribution in [0.1, 0.15) is 12.5 Å². The van der Waals surface area contributed by atoms with Gasteiger partial charge in [0.05, 0.1) is 13.0 Å². The quantitative estimate of drug-likeness (QED) is 0.881. The zero-order valence-electron chi connectivity index (χ0n) is 11.5. The molecule has 104 valence electrons. The number of hydrogen-bond acceptors (Lipinski definition) is 3. The molecule has 1 saturated heterocycles. The summed E-state index contributed by atoms with van der Waals surface area (Å²) in [6.45, 7) is 4.49. The molecule has 0 radical (unpaired) electrons. The minimum Gasteiger partial charge on any atom is -0.497 e. The van der Waals surface area contributed by atoms with Gasteiger partial charge in [0.1, 0.15) is 5.75 Å². The Bertz CT molecular complexity index is 430. The summed E-state index contributed by atoms with van der Waals surface area (Å²) in [5.41, 5.74) is 1.26. The lowest BCUT2D eigenvalue weighted by Crippen LogP contribution is -2.25. The predicted octanol–water partition coefficient (Wildman–Crippen LogP) is 1.89. The predicted molar refractivity (Wildman–Crippen MR) is 73.4 cm³/mol. The normalized spacial score (nSPS) is 23.5. The van der Waals surface area contributed by atoms with Crippen molar-refractivity contribution >= 4 is 5.97 Å². The first-order chi connectivity index (χ1) is 9.10. The molecule has 0 aromatic heterocycles. The minimum atomic E-state index is -0.667. The van der Waals surface area contributed by atoms with Crippen molar-refractivity contribution in [3.63, 3.8) is 0 Å². The van der Waals surface area contributed by atoms with Crippen LogP contribution in [-0.4, -0.2) is 42.7 Å². The number of aliphatic carboxylic acids is 1. The van der Waals surface area contributed by atoms with E-state index in [1.165, 1.54) is 5.56 Å². The molecule has 2 unspecified atom stereocenters. The van der Waals surface area contributed by atoms with E-state index in [2.05, 4.69) is 17.0 Å². The molecule has 4 heteroatoms. The van der Waals surface area contributed by atoms with Crippen molar-refractivity contribution in [3.05, 3.63) is 29.8 Å². The molecular weight excluding hydrogens is 242 g/mol. The Hall–Kier alpha value is -1.55. The fourth-order valence-electron chi connectivity index (χ4n) is 2.65. The van der Waals surface area contributed by atoms with E-state index in [-0.39, 0.29) is 11.8 Å². The fraction of sp³-hybridized carbons (Fsp3) is 0.533. The van der Waals surface area contributed by atoms with Gasteiger partial charge in [0.25, 0.3) is 0 Å². The number of likely N-dealkylation sites (tertiary alicyclic amines) is 1. The maximum atomic E-state index is 11.1. The average Bonchev–Trinajstić information content (AvgIpc) is 2.78. The molecule has 0 spiro atoms. The summed E-state index contributed by atoms with van der Waals surface area (Å²) >= 11 is 0. The SMILES string of the molecule is COc1ccc(CCN2CC(C)C(C(=O)O)C2)cc1. The first-order valence-corrected chi connectivity index (χ1v) is 6.68. The van der Waals surface area contributed by atoms with Crippen LogP contribution in [0.4, 0.5) is 0 Å². The molecular formula is C15H21NO3. The van der Waals surface area contributed by atoms with E-state index in [1.54, 1.807) is 7.11 Å². The summed E-state index contributed by atoms with van der Waals surface area (Å²) in [5, 5.41) is 9.10. The van der Waals surface area contributed by atoms with Gasteiger partial charge >= 0.3 is 5.97 Å². The van der Waals surface area contributed by atoms with Gasteiger partial charge in [-0.2, -0.15) is 0 Å². The maximum Gasteiger partial charge on any atom is 0.308 e. The van der Waals surface area contributed by atoms with Crippen LogP contribution >= 0.6 is 0 Å². The first-order valence-electron chi connectivity index (χ1n) is 6.68. The number of ether oxygens (including phenoxy) is 1. The molecule has 0 bridgehead atoms. The standard InChI is InChI=1S/C15H21NO3/c1-11-9-16(10-14(11)15(17)18)8-7-12-3-5-13(19-2)6-4-12/h3-6,11,14H,7-10H2,1-2H3,(H,17,18). The van der Waals surface area contributed by atoms with Crippen molar-refractivity contribution in [1.29, 1.82) is 0 Å². The minimum absolute atomic E-state index is 0.212. The van der Waals surface area contributed by atoms with Gasteiger partial charge in [0.15, 0.2) is 0 Å². The second-order valence-corrected chi connectivity index (χ2v) is 5.28. The molecule has 1 heterocycles. The summed E-state index contributed by atoms with van der Waals surface area (Å²) in [6, 6.07) is 8.05. The van der Waals surface area contributed by atoms with Crippen LogP contribution in [0.2, 0.25) is 0 Å². The number of carboxylic acids is 1.